The van der Waals surface area contributed by atoms with Crippen LogP contribution in [-0.2, 0) is 0 Å². The first-order valence-electron chi connectivity index (χ1n) is 9.10. The number of halogens is 1. The Hall–Kier alpha value is -3.98. The van der Waals surface area contributed by atoms with Crippen molar-refractivity contribution in [3.05, 3.63) is 66.4 Å². The van der Waals surface area contributed by atoms with Gasteiger partial charge in [0.2, 0.25) is 0 Å². The number of thiophene rings is 1. The topological polar surface area (TPSA) is 96.0 Å². The third-order valence-electron chi connectivity index (χ3n) is 4.88. The molecule has 30 heavy (non-hydrogen) atoms. The number of benzene rings is 1. The second-order valence-electron chi connectivity index (χ2n) is 6.71. The molecule has 0 aliphatic rings. The van der Waals surface area contributed by atoms with Gasteiger partial charge in [0.1, 0.15) is 12.0 Å². The van der Waals surface area contributed by atoms with E-state index in [4.69, 9.17) is 4.98 Å². The zero-order chi connectivity index (χ0) is 20.1. The lowest BCUT2D eigenvalue weighted by Gasteiger charge is -2.00. The first-order chi connectivity index (χ1) is 14.8. The van der Waals surface area contributed by atoms with E-state index in [1.807, 2.05) is 24.3 Å². The molecule has 6 aromatic rings. The SMILES string of the molecule is Fc1ccc(-c2cccc3[nH]c(-c4n[nH]c5cnc(-c6cncnc6)cc45)nc23)s1. The number of rotatable bonds is 3. The summed E-state index contributed by atoms with van der Waals surface area (Å²) >= 11 is 1.10. The Bertz CT molecular complexity index is 1520. The molecule has 1 aromatic carbocycles. The van der Waals surface area contributed by atoms with E-state index in [0.717, 1.165) is 55.0 Å². The maximum atomic E-state index is 13.6. The van der Waals surface area contributed by atoms with Crippen LogP contribution in [0, 0.1) is 5.13 Å². The van der Waals surface area contributed by atoms with Gasteiger partial charge in [-0.3, -0.25) is 10.1 Å². The van der Waals surface area contributed by atoms with Crippen molar-refractivity contribution in [2.24, 2.45) is 0 Å². The number of imidazole rings is 1. The van der Waals surface area contributed by atoms with Crippen molar-refractivity contribution < 1.29 is 4.39 Å². The van der Waals surface area contributed by atoms with E-state index >= 15 is 0 Å². The van der Waals surface area contributed by atoms with Crippen LogP contribution in [0.5, 0.6) is 0 Å². The lowest BCUT2D eigenvalue weighted by Crippen LogP contribution is -1.87. The average molecular weight is 413 g/mol. The van der Waals surface area contributed by atoms with Crippen LogP contribution in [0.25, 0.3) is 55.2 Å². The lowest BCUT2D eigenvalue weighted by atomic mass is 10.1. The van der Waals surface area contributed by atoms with Gasteiger partial charge >= 0.3 is 0 Å². The van der Waals surface area contributed by atoms with Crippen LogP contribution in [0.2, 0.25) is 0 Å². The van der Waals surface area contributed by atoms with Crippen LogP contribution in [0.15, 0.2) is 61.3 Å². The van der Waals surface area contributed by atoms with Gasteiger partial charge in [0.05, 0.1) is 28.4 Å². The summed E-state index contributed by atoms with van der Waals surface area (Å²) in [6.45, 7) is 0. The monoisotopic (exact) mass is 413 g/mol. The van der Waals surface area contributed by atoms with Crippen molar-refractivity contribution in [2.75, 3.05) is 0 Å². The quantitative estimate of drug-likeness (QED) is 0.433. The fourth-order valence-corrected chi connectivity index (χ4v) is 4.25. The van der Waals surface area contributed by atoms with Crippen molar-refractivity contribution in [3.63, 3.8) is 0 Å². The highest BCUT2D eigenvalue weighted by molar-refractivity contribution is 7.14. The highest BCUT2D eigenvalue weighted by atomic mass is 32.1. The third-order valence-corrected chi connectivity index (χ3v) is 5.79. The normalized spacial score (nSPS) is 11.5. The van der Waals surface area contributed by atoms with E-state index < -0.39 is 0 Å². The number of nitrogens with one attached hydrogen (secondary N) is 2. The molecule has 0 fully saturated rings. The number of hydrogen-bond donors (Lipinski definition) is 2. The number of hydrogen-bond acceptors (Lipinski definition) is 6. The van der Waals surface area contributed by atoms with Crippen LogP contribution < -0.4 is 0 Å². The molecule has 0 radical (unpaired) electrons. The number of aromatic amines is 2. The fraction of sp³-hybridized carbons (Fsp3) is 0. The number of H-pyrrole nitrogens is 2. The maximum absolute atomic E-state index is 13.6. The molecule has 7 nitrogen and oxygen atoms in total. The Labute approximate surface area is 172 Å². The molecule has 144 valence electrons. The van der Waals surface area contributed by atoms with Crippen molar-refractivity contribution >= 4 is 33.3 Å². The second-order valence-corrected chi connectivity index (χ2v) is 7.74. The molecule has 0 aliphatic heterocycles. The smallest absolute Gasteiger partial charge is 0.176 e. The minimum atomic E-state index is -0.221. The van der Waals surface area contributed by atoms with Crippen LogP contribution in [0.4, 0.5) is 4.39 Å². The third kappa shape index (κ3) is 2.67. The molecule has 5 aromatic heterocycles. The Kier molecular flexibility index (Phi) is 3.68. The van der Waals surface area contributed by atoms with Gasteiger partial charge in [-0.15, -0.1) is 11.3 Å². The molecule has 0 saturated heterocycles. The van der Waals surface area contributed by atoms with Crippen LogP contribution in [0.1, 0.15) is 0 Å². The molecule has 0 unspecified atom stereocenters. The van der Waals surface area contributed by atoms with Gasteiger partial charge in [-0.2, -0.15) is 9.49 Å². The van der Waals surface area contributed by atoms with E-state index in [1.165, 1.54) is 12.4 Å². The average Bonchev–Trinajstić information content (AvgIpc) is 3.51. The number of pyridine rings is 1. The van der Waals surface area contributed by atoms with Gasteiger partial charge in [0.15, 0.2) is 11.0 Å². The predicted octanol–water partition coefficient (Wildman–Crippen LogP) is 4.83. The molecule has 9 heteroatoms. The van der Waals surface area contributed by atoms with Gasteiger partial charge in [-0.05, 0) is 24.3 Å². The van der Waals surface area contributed by atoms with Crippen LogP contribution in [-0.4, -0.2) is 35.1 Å². The van der Waals surface area contributed by atoms with E-state index in [2.05, 4.69) is 30.1 Å². The first kappa shape index (κ1) is 16.9. The molecule has 0 aliphatic carbocycles. The Morgan fingerprint density at radius 1 is 0.967 bits per heavy atom. The van der Waals surface area contributed by atoms with Gasteiger partial charge < -0.3 is 4.98 Å². The standard InChI is InChI=1S/C21H12FN7S/c22-18-5-4-17(30-18)12-2-1-3-14-19(12)27-21(26-14)20-13-6-15(11-7-23-10-24-8-11)25-9-16(13)28-29-20/h1-10H,(H,26,27)(H,28,29). The van der Waals surface area contributed by atoms with Crippen molar-refractivity contribution in [1.29, 1.82) is 0 Å². The number of aromatic nitrogens is 7. The molecule has 0 bridgehead atoms. The Morgan fingerprint density at radius 3 is 2.70 bits per heavy atom. The van der Waals surface area contributed by atoms with Gasteiger partial charge in [0, 0.05) is 33.8 Å². The van der Waals surface area contributed by atoms with E-state index in [1.54, 1.807) is 24.7 Å². The summed E-state index contributed by atoms with van der Waals surface area (Å²) in [5.41, 5.74) is 5.56. The minimum Gasteiger partial charge on any atom is -0.337 e. The molecule has 2 N–H and O–H groups in total. The van der Waals surface area contributed by atoms with E-state index in [-0.39, 0.29) is 5.13 Å². The predicted molar refractivity (Wildman–Crippen MR) is 113 cm³/mol. The summed E-state index contributed by atoms with van der Waals surface area (Å²) < 4.78 is 13.6. The largest absolute Gasteiger partial charge is 0.337 e. The molecular weight excluding hydrogens is 401 g/mol. The zero-order valence-corrected chi connectivity index (χ0v) is 16.1. The van der Waals surface area contributed by atoms with Crippen LogP contribution in [0.3, 0.4) is 0 Å². The van der Waals surface area contributed by atoms with Crippen molar-refractivity contribution in [3.8, 4) is 33.2 Å². The maximum Gasteiger partial charge on any atom is 0.176 e. The summed E-state index contributed by atoms with van der Waals surface area (Å²) in [6, 6.07) is 11.0. The Morgan fingerprint density at radius 2 is 1.87 bits per heavy atom. The molecule has 6 rings (SSSR count). The molecule has 0 spiro atoms. The highest BCUT2D eigenvalue weighted by Crippen LogP contribution is 2.34. The lowest BCUT2D eigenvalue weighted by molar-refractivity contribution is 0.657. The summed E-state index contributed by atoms with van der Waals surface area (Å²) in [5.74, 6) is 0.627. The van der Waals surface area contributed by atoms with Gasteiger partial charge in [-0.25, -0.2) is 15.0 Å². The fourth-order valence-electron chi connectivity index (χ4n) is 3.49. The second kappa shape index (κ2) is 6.53. The molecule has 0 saturated carbocycles. The molecule has 0 amide bonds. The van der Waals surface area contributed by atoms with Gasteiger partial charge in [0.25, 0.3) is 0 Å². The van der Waals surface area contributed by atoms with E-state index in [0.29, 0.717) is 11.5 Å². The highest BCUT2D eigenvalue weighted by Gasteiger charge is 2.16. The van der Waals surface area contributed by atoms with Crippen molar-refractivity contribution in [1.82, 2.24) is 35.1 Å². The summed E-state index contributed by atoms with van der Waals surface area (Å²) in [5, 5.41) is 8.12. The number of nitrogens with zero attached hydrogens (tertiary/aromatic N) is 5. The summed E-state index contributed by atoms with van der Waals surface area (Å²) in [4.78, 5) is 21.6. The first-order valence-corrected chi connectivity index (χ1v) is 9.92. The number of fused-ring (bicyclic) bond motifs is 2. The Balaban J connectivity index is 1.52. The molecule has 0 atom stereocenters. The summed E-state index contributed by atoms with van der Waals surface area (Å²) in [7, 11) is 0. The molecule has 5 heterocycles. The van der Waals surface area contributed by atoms with Crippen LogP contribution >= 0.6 is 11.3 Å². The molecular formula is C21H12FN7S. The number of para-hydroxylation sites is 1. The summed E-state index contributed by atoms with van der Waals surface area (Å²) in [6.07, 6.45) is 6.65. The van der Waals surface area contributed by atoms with Crippen molar-refractivity contribution in [2.45, 2.75) is 0 Å². The van der Waals surface area contributed by atoms with Gasteiger partial charge in [-0.1, -0.05) is 12.1 Å². The van der Waals surface area contributed by atoms with E-state index in [9.17, 15) is 4.39 Å². The minimum absolute atomic E-state index is 0.221. The zero-order valence-electron chi connectivity index (χ0n) is 15.3.